The van der Waals surface area contributed by atoms with E-state index in [1.807, 2.05) is 24.5 Å². The molecule has 5 nitrogen and oxygen atoms in total. The first-order valence-corrected chi connectivity index (χ1v) is 9.64. The standard InChI is InChI=1S/C20H24N4OS/c1-6-10-23-16-9-8-15(13(3)4)12-18(16)26-20(23)21-19(25)17-11-14(5)22-24(17)7-2/h6,8-9,11-13H,1,7,10H2,2-5H3. The van der Waals surface area contributed by atoms with E-state index in [-0.39, 0.29) is 5.91 Å². The normalized spacial score (nSPS) is 12.3. The summed E-state index contributed by atoms with van der Waals surface area (Å²) in [5.41, 5.74) is 3.70. The first-order valence-electron chi connectivity index (χ1n) is 8.82. The van der Waals surface area contributed by atoms with Gasteiger partial charge in [-0.2, -0.15) is 10.1 Å². The lowest BCUT2D eigenvalue weighted by molar-refractivity contribution is 0.0987. The molecule has 3 rings (SSSR count). The van der Waals surface area contributed by atoms with Crippen molar-refractivity contribution >= 4 is 27.5 Å². The van der Waals surface area contributed by atoms with Crippen LogP contribution in [0.2, 0.25) is 0 Å². The SMILES string of the molecule is C=CCn1c(=NC(=O)c2cc(C)nn2CC)sc2cc(C(C)C)ccc21. The summed E-state index contributed by atoms with van der Waals surface area (Å²) in [7, 11) is 0. The predicted molar refractivity (Wildman–Crippen MR) is 107 cm³/mol. The van der Waals surface area contributed by atoms with Gasteiger partial charge in [-0.3, -0.25) is 9.48 Å². The molecule has 3 aromatic rings. The lowest BCUT2D eigenvalue weighted by Gasteiger charge is -2.06. The number of aryl methyl sites for hydroxylation is 2. The summed E-state index contributed by atoms with van der Waals surface area (Å²) < 4.78 is 4.86. The van der Waals surface area contributed by atoms with Crippen molar-refractivity contribution in [2.75, 3.05) is 0 Å². The molecule has 0 saturated carbocycles. The Morgan fingerprint density at radius 3 is 2.81 bits per heavy atom. The van der Waals surface area contributed by atoms with E-state index < -0.39 is 0 Å². The molecule has 0 aliphatic carbocycles. The van der Waals surface area contributed by atoms with Gasteiger partial charge >= 0.3 is 0 Å². The van der Waals surface area contributed by atoms with Gasteiger partial charge in [0, 0.05) is 13.1 Å². The second-order valence-corrected chi connectivity index (χ2v) is 7.58. The van der Waals surface area contributed by atoms with Gasteiger partial charge in [0.2, 0.25) is 0 Å². The molecule has 0 spiro atoms. The van der Waals surface area contributed by atoms with Crippen LogP contribution in [0.1, 0.15) is 48.4 Å². The fraction of sp³-hybridized carbons (Fsp3) is 0.350. The summed E-state index contributed by atoms with van der Waals surface area (Å²) in [5.74, 6) is 0.194. The molecule has 0 bridgehead atoms. The molecule has 2 aromatic heterocycles. The van der Waals surface area contributed by atoms with Crippen molar-refractivity contribution in [3.8, 4) is 0 Å². The van der Waals surface area contributed by atoms with Gasteiger partial charge in [-0.05, 0) is 43.5 Å². The molecule has 6 heteroatoms. The lowest BCUT2D eigenvalue weighted by Crippen LogP contribution is -2.17. The Labute approximate surface area is 157 Å². The van der Waals surface area contributed by atoms with Gasteiger partial charge < -0.3 is 4.57 Å². The van der Waals surface area contributed by atoms with E-state index in [1.54, 1.807) is 10.7 Å². The second-order valence-electron chi connectivity index (χ2n) is 6.57. The van der Waals surface area contributed by atoms with Crippen LogP contribution in [0.3, 0.4) is 0 Å². The van der Waals surface area contributed by atoms with Crippen molar-refractivity contribution < 1.29 is 4.79 Å². The number of carbonyl (C=O) groups excluding carboxylic acids is 1. The van der Waals surface area contributed by atoms with E-state index in [0.717, 1.165) is 15.9 Å². The van der Waals surface area contributed by atoms with Crippen LogP contribution in [0.25, 0.3) is 10.2 Å². The van der Waals surface area contributed by atoms with Crippen molar-refractivity contribution in [1.82, 2.24) is 14.3 Å². The molecule has 0 saturated heterocycles. The molecule has 0 radical (unpaired) electrons. The number of benzene rings is 1. The maximum absolute atomic E-state index is 12.8. The van der Waals surface area contributed by atoms with Crippen LogP contribution in [0, 0.1) is 6.92 Å². The zero-order chi connectivity index (χ0) is 18.8. The third-order valence-corrected chi connectivity index (χ3v) is 5.34. The van der Waals surface area contributed by atoms with Crippen LogP contribution >= 0.6 is 11.3 Å². The van der Waals surface area contributed by atoms with Crippen molar-refractivity contribution in [1.29, 1.82) is 0 Å². The fourth-order valence-electron chi connectivity index (χ4n) is 2.94. The zero-order valence-electron chi connectivity index (χ0n) is 15.7. The lowest BCUT2D eigenvalue weighted by atomic mass is 10.0. The quantitative estimate of drug-likeness (QED) is 0.631. The minimum absolute atomic E-state index is 0.263. The third-order valence-electron chi connectivity index (χ3n) is 4.30. The molecule has 1 amide bonds. The smallest absolute Gasteiger partial charge is 0.297 e. The van der Waals surface area contributed by atoms with Gasteiger partial charge in [-0.25, -0.2) is 0 Å². The summed E-state index contributed by atoms with van der Waals surface area (Å²) in [6, 6.07) is 8.22. The number of nitrogens with zero attached hydrogens (tertiary/aromatic N) is 4. The molecule has 0 unspecified atom stereocenters. The Morgan fingerprint density at radius 1 is 1.38 bits per heavy atom. The summed E-state index contributed by atoms with van der Waals surface area (Å²) >= 11 is 1.54. The number of thiazole rings is 1. The first kappa shape index (κ1) is 18.3. The average molecular weight is 369 g/mol. The zero-order valence-corrected chi connectivity index (χ0v) is 16.5. The van der Waals surface area contributed by atoms with E-state index in [0.29, 0.717) is 29.5 Å². The summed E-state index contributed by atoms with van der Waals surface area (Å²) in [4.78, 5) is 17.9. The van der Waals surface area contributed by atoms with Crippen LogP contribution in [-0.2, 0) is 13.1 Å². The first-order chi connectivity index (χ1) is 12.4. The number of hydrogen-bond acceptors (Lipinski definition) is 3. The summed E-state index contributed by atoms with van der Waals surface area (Å²) in [6.07, 6.45) is 1.83. The number of amides is 1. The third kappa shape index (κ3) is 3.42. The van der Waals surface area contributed by atoms with E-state index >= 15 is 0 Å². The molecule has 2 heterocycles. The Morgan fingerprint density at radius 2 is 2.15 bits per heavy atom. The largest absolute Gasteiger partial charge is 0.312 e. The number of hydrogen-bond donors (Lipinski definition) is 0. The summed E-state index contributed by atoms with van der Waals surface area (Å²) in [6.45, 7) is 13.3. The Kier molecular flexibility index (Phi) is 5.23. The van der Waals surface area contributed by atoms with E-state index in [2.05, 4.69) is 48.7 Å². The van der Waals surface area contributed by atoms with Crippen LogP contribution in [0.15, 0.2) is 41.9 Å². The van der Waals surface area contributed by atoms with Gasteiger partial charge in [-0.1, -0.05) is 37.3 Å². The van der Waals surface area contributed by atoms with Crippen LogP contribution in [-0.4, -0.2) is 20.3 Å². The second kappa shape index (κ2) is 7.41. The highest BCUT2D eigenvalue weighted by Gasteiger charge is 2.14. The predicted octanol–water partition coefficient (Wildman–Crippen LogP) is 4.28. The van der Waals surface area contributed by atoms with E-state index in [4.69, 9.17) is 0 Å². The van der Waals surface area contributed by atoms with Gasteiger partial charge in [0.25, 0.3) is 5.91 Å². The fourth-order valence-corrected chi connectivity index (χ4v) is 4.03. The number of carbonyl (C=O) groups is 1. The summed E-state index contributed by atoms with van der Waals surface area (Å²) in [5, 5.41) is 4.34. The van der Waals surface area contributed by atoms with Crippen molar-refractivity contribution in [2.45, 2.75) is 46.7 Å². The Balaban J connectivity index is 2.15. The van der Waals surface area contributed by atoms with Crippen molar-refractivity contribution in [2.24, 2.45) is 4.99 Å². The molecule has 136 valence electrons. The van der Waals surface area contributed by atoms with Crippen molar-refractivity contribution in [3.05, 3.63) is 58.7 Å². The number of rotatable bonds is 5. The average Bonchev–Trinajstić information content (AvgIpc) is 3.15. The highest BCUT2D eigenvalue weighted by molar-refractivity contribution is 7.16. The van der Waals surface area contributed by atoms with Crippen LogP contribution in [0.4, 0.5) is 0 Å². The Bertz CT molecular complexity index is 1040. The maximum Gasteiger partial charge on any atom is 0.297 e. The molecule has 0 aliphatic rings. The van der Waals surface area contributed by atoms with Gasteiger partial charge in [-0.15, -0.1) is 6.58 Å². The molecule has 0 N–H and O–H groups in total. The molecule has 1 aromatic carbocycles. The van der Waals surface area contributed by atoms with Gasteiger partial charge in [0.05, 0.1) is 15.9 Å². The van der Waals surface area contributed by atoms with E-state index in [9.17, 15) is 4.79 Å². The maximum atomic E-state index is 12.8. The molecule has 0 atom stereocenters. The van der Waals surface area contributed by atoms with Crippen LogP contribution < -0.4 is 4.80 Å². The topological polar surface area (TPSA) is 52.2 Å². The highest BCUT2D eigenvalue weighted by atomic mass is 32.1. The minimum atomic E-state index is -0.263. The minimum Gasteiger partial charge on any atom is -0.312 e. The molecular weight excluding hydrogens is 344 g/mol. The van der Waals surface area contributed by atoms with Gasteiger partial charge in [0.1, 0.15) is 5.69 Å². The highest BCUT2D eigenvalue weighted by Crippen LogP contribution is 2.23. The molecule has 0 fully saturated rings. The monoisotopic (exact) mass is 368 g/mol. The van der Waals surface area contributed by atoms with E-state index in [1.165, 1.54) is 16.9 Å². The molecule has 26 heavy (non-hydrogen) atoms. The molecule has 0 aliphatic heterocycles. The number of aromatic nitrogens is 3. The Hall–Kier alpha value is -2.47. The van der Waals surface area contributed by atoms with Gasteiger partial charge in [0.15, 0.2) is 4.80 Å². The number of fused-ring (bicyclic) bond motifs is 1. The van der Waals surface area contributed by atoms with Crippen molar-refractivity contribution in [3.63, 3.8) is 0 Å². The van der Waals surface area contributed by atoms with Crippen LogP contribution in [0.5, 0.6) is 0 Å². The molecular formula is C20H24N4OS. The number of allylic oxidation sites excluding steroid dienone is 1.